The van der Waals surface area contributed by atoms with Crippen molar-refractivity contribution in [1.82, 2.24) is 0 Å². The van der Waals surface area contributed by atoms with E-state index in [2.05, 4.69) is 0 Å². The molecular weight excluding hydrogens is 163 g/mol. The van der Waals surface area contributed by atoms with Crippen molar-refractivity contribution in [3.05, 3.63) is 0 Å². The fourth-order valence-electron chi connectivity index (χ4n) is 0. The van der Waals surface area contributed by atoms with Gasteiger partial charge in [0.2, 0.25) is 0 Å². The molecule has 0 aliphatic heterocycles. The first-order valence-electron chi connectivity index (χ1n) is 2.05. The zero-order valence-corrected chi connectivity index (χ0v) is 7.50. The number of aliphatic hydroxyl groups is 2. The minimum absolute atomic E-state index is 0. The maximum absolute atomic E-state index is 7.57. The Morgan fingerprint density at radius 1 is 1.00 bits per heavy atom. The Bertz CT molecular complexity index is 16.0. The van der Waals surface area contributed by atoms with Crippen LogP contribution in [0.5, 0.6) is 0 Å². The van der Waals surface area contributed by atoms with E-state index in [0.29, 0.717) is 0 Å². The van der Waals surface area contributed by atoms with Crippen LogP contribution in [0.15, 0.2) is 0 Å². The van der Waals surface area contributed by atoms with Gasteiger partial charge in [-0.05, 0) is 13.8 Å². The van der Waals surface area contributed by atoms with Crippen molar-refractivity contribution in [2.45, 2.75) is 13.8 Å². The van der Waals surface area contributed by atoms with E-state index in [1.807, 2.05) is 0 Å². The molecule has 0 unspecified atom stereocenters. The minimum atomic E-state index is 0. The summed E-state index contributed by atoms with van der Waals surface area (Å²) in [6, 6.07) is 0. The van der Waals surface area contributed by atoms with Gasteiger partial charge in [0, 0.05) is 34.9 Å². The molecule has 8 heavy (non-hydrogen) atoms. The van der Waals surface area contributed by atoms with Crippen LogP contribution in [-0.4, -0.2) is 23.4 Å². The Morgan fingerprint density at radius 3 is 1.00 bits per heavy atom. The van der Waals surface area contributed by atoms with E-state index in [1.54, 1.807) is 13.8 Å². The van der Waals surface area contributed by atoms with Gasteiger partial charge in [0.25, 0.3) is 0 Å². The summed E-state index contributed by atoms with van der Waals surface area (Å²) in [6.45, 7) is 3.86. The smallest absolute Gasteiger partial charge is 0.0402 e. The van der Waals surface area contributed by atoms with E-state index < -0.39 is 0 Å². The minimum Gasteiger partial charge on any atom is -1.00 e. The molecule has 0 aromatic carbocycles. The Balaban J connectivity index is -0.0000000160. The van der Waals surface area contributed by atoms with E-state index in [9.17, 15) is 0 Å². The van der Waals surface area contributed by atoms with Gasteiger partial charge in [0.15, 0.2) is 0 Å². The summed E-state index contributed by atoms with van der Waals surface area (Å²) in [5, 5.41) is 15.1. The molecular formula is C4H12ClO2Ti-. The number of halogens is 1. The molecule has 0 aromatic rings. The van der Waals surface area contributed by atoms with Crippen LogP contribution in [0.1, 0.15) is 13.8 Å². The largest absolute Gasteiger partial charge is 1.00 e. The van der Waals surface area contributed by atoms with Crippen LogP contribution >= 0.6 is 0 Å². The average Bonchev–Trinajstić information content (AvgIpc) is 1.39. The van der Waals surface area contributed by atoms with Crippen molar-refractivity contribution in [2.24, 2.45) is 0 Å². The molecule has 0 aliphatic carbocycles. The maximum atomic E-state index is 7.57. The molecule has 0 fully saturated rings. The first-order valence-corrected chi connectivity index (χ1v) is 2.05. The van der Waals surface area contributed by atoms with Crippen molar-refractivity contribution in [3.8, 4) is 0 Å². The van der Waals surface area contributed by atoms with Crippen molar-refractivity contribution < 1.29 is 44.3 Å². The Morgan fingerprint density at radius 2 is 1.00 bits per heavy atom. The zero-order chi connectivity index (χ0) is 5.41. The molecule has 2 nitrogen and oxygen atoms in total. The molecule has 0 rings (SSSR count). The van der Waals surface area contributed by atoms with Gasteiger partial charge in [-0.3, -0.25) is 0 Å². The van der Waals surface area contributed by atoms with Crippen LogP contribution in [0, 0.1) is 0 Å². The predicted molar refractivity (Wildman–Crippen MR) is 25.5 cm³/mol. The molecule has 0 bridgehead atoms. The second kappa shape index (κ2) is 44.4. The summed E-state index contributed by atoms with van der Waals surface area (Å²) in [5.74, 6) is 0. The predicted octanol–water partition coefficient (Wildman–Crippen LogP) is -3.00. The summed E-state index contributed by atoms with van der Waals surface area (Å²) in [5.41, 5.74) is 0. The number of hydrogen-bond donors (Lipinski definition) is 2. The van der Waals surface area contributed by atoms with Crippen molar-refractivity contribution in [1.29, 1.82) is 0 Å². The van der Waals surface area contributed by atoms with Crippen molar-refractivity contribution in [2.75, 3.05) is 13.2 Å². The molecule has 0 spiro atoms. The molecule has 0 radical (unpaired) electrons. The van der Waals surface area contributed by atoms with E-state index in [-0.39, 0.29) is 47.3 Å². The summed E-state index contributed by atoms with van der Waals surface area (Å²) < 4.78 is 0. The van der Waals surface area contributed by atoms with Gasteiger partial charge in [-0.25, -0.2) is 0 Å². The standard InChI is InChI=1S/2C2H6O.ClH.Ti/c2*1-2-3;;/h2*3H,2H2,1H3;1H;/p-1. The fraction of sp³-hybridized carbons (Fsp3) is 1.00. The summed E-state index contributed by atoms with van der Waals surface area (Å²) in [7, 11) is 0. The van der Waals surface area contributed by atoms with Crippen molar-refractivity contribution in [3.63, 3.8) is 0 Å². The third kappa shape index (κ3) is 284. The van der Waals surface area contributed by atoms with Crippen LogP contribution in [0.3, 0.4) is 0 Å². The zero-order valence-electron chi connectivity index (χ0n) is 5.19. The molecule has 0 amide bonds. The van der Waals surface area contributed by atoms with Crippen LogP contribution in [0.4, 0.5) is 0 Å². The molecule has 0 heterocycles. The monoisotopic (exact) mass is 175 g/mol. The second-order valence-electron chi connectivity index (χ2n) is 0.632. The van der Waals surface area contributed by atoms with Gasteiger partial charge >= 0.3 is 0 Å². The summed E-state index contributed by atoms with van der Waals surface area (Å²) in [6.07, 6.45) is 0. The molecule has 0 saturated heterocycles. The van der Waals surface area contributed by atoms with Gasteiger partial charge in [-0.2, -0.15) is 0 Å². The van der Waals surface area contributed by atoms with E-state index in [1.165, 1.54) is 0 Å². The maximum Gasteiger partial charge on any atom is 0.0402 e. The molecule has 2 N–H and O–H groups in total. The fourth-order valence-corrected chi connectivity index (χ4v) is 0. The Labute approximate surface area is 71.6 Å². The summed E-state index contributed by atoms with van der Waals surface area (Å²) >= 11 is 0. The van der Waals surface area contributed by atoms with Gasteiger partial charge < -0.3 is 22.6 Å². The van der Waals surface area contributed by atoms with Gasteiger partial charge in [-0.15, -0.1) is 0 Å². The first-order chi connectivity index (χ1) is 2.83. The van der Waals surface area contributed by atoms with E-state index in [4.69, 9.17) is 10.2 Å². The number of rotatable bonds is 0. The van der Waals surface area contributed by atoms with E-state index >= 15 is 0 Å². The summed E-state index contributed by atoms with van der Waals surface area (Å²) in [4.78, 5) is 0. The first kappa shape index (κ1) is 23.1. The molecule has 4 heteroatoms. The van der Waals surface area contributed by atoms with E-state index in [0.717, 1.165) is 0 Å². The van der Waals surface area contributed by atoms with Crippen LogP contribution < -0.4 is 12.4 Å². The van der Waals surface area contributed by atoms with Crippen LogP contribution in [0.25, 0.3) is 0 Å². The molecule has 52 valence electrons. The van der Waals surface area contributed by atoms with Gasteiger partial charge in [0.1, 0.15) is 0 Å². The normalized spacial score (nSPS) is 4.50. The number of hydrogen-bond acceptors (Lipinski definition) is 2. The average molecular weight is 175 g/mol. The van der Waals surface area contributed by atoms with Crippen LogP contribution in [0.2, 0.25) is 0 Å². The molecule has 0 saturated carbocycles. The SMILES string of the molecule is CCO.CCO.[Cl-].[Ti]. The van der Waals surface area contributed by atoms with Crippen molar-refractivity contribution >= 4 is 0 Å². The molecule has 0 aliphatic rings. The number of aliphatic hydroxyl groups excluding tert-OH is 2. The third-order valence-electron chi connectivity index (χ3n) is 0. The Hall–Kier alpha value is 0.924. The van der Waals surface area contributed by atoms with Crippen LogP contribution in [-0.2, 0) is 21.7 Å². The van der Waals surface area contributed by atoms with Gasteiger partial charge in [-0.1, -0.05) is 0 Å². The quantitative estimate of drug-likeness (QED) is 0.385. The second-order valence-corrected chi connectivity index (χ2v) is 0.632. The van der Waals surface area contributed by atoms with Gasteiger partial charge in [0.05, 0.1) is 0 Å². The molecule has 0 atom stereocenters. The molecule has 0 aromatic heterocycles. The third-order valence-corrected chi connectivity index (χ3v) is 0. The Kier molecular flexibility index (Phi) is 128. The topological polar surface area (TPSA) is 40.5 Å².